The SMILES string of the molecule is CC(=O)OC(CC[CH2][Sn+3])OC(C)=O. The average Bonchev–Trinajstić information content (AvgIpc) is 1.98. The molecule has 0 radical (unpaired) electrons. The van der Waals surface area contributed by atoms with Gasteiger partial charge < -0.3 is 0 Å². The van der Waals surface area contributed by atoms with E-state index >= 15 is 0 Å². The molecule has 5 heteroatoms. The van der Waals surface area contributed by atoms with Crippen LogP contribution in [0.15, 0.2) is 0 Å². The number of hydrogen-bond donors (Lipinski definition) is 0. The monoisotopic (exact) mass is 293 g/mol. The molecule has 0 aliphatic heterocycles. The standard InChI is InChI=1S/C8H13O4.Sn/c1-4-5-8(11-6(2)9)12-7(3)10;/h8H,1,4-5H2,2-3H3;/q;+3. The molecule has 4 nitrogen and oxygen atoms in total. The van der Waals surface area contributed by atoms with Crippen molar-refractivity contribution >= 4 is 34.5 Å². The molecular weight excluding hydrogens is 279 g/mol. The zero-order valence-electron chi connectivity index (χ0n) is 7.83. The fourth-order valence-corrected chi connectivity index (χ4v) is 1.36. The molecule has 0 aliphatic rings. The van der Waals surface area contributed by atoms with Gasteiger partial charge in [-0.1, -0.05) is 0 Å². The number of hydrogen-bond acceptors (Lipinski definition) is 4. The van der Waals surface area contributed by atoms with Gasteiger partial charge in [0.1, 0.15) is 0 Å². The van der Waals surface area contributed by atoms with Gasteiger partial charge in [-0.2, -0.15) is 0 Å². The molecular formula is C8H13O4Sn+3. The number of rotatable bonds is 5. The van der Waals surface area contributed by atoms with Crippen LogP contribution in [0.3, 0.4) is 0 Å². The molecule has 0 fully saturated rings. The Morgan fingerprint density at radius 3 is 2.00 bits per heavy atom. The van der Waals surface area contributed by atoms with Crippen LogP contribution < -0.4 is 0 Å². The fourth-order valence-electron chi connectivity index (χ4n) is 0.781. The van der Waals surface area contributed by atoms with Crippen LogP contribution in [0.5, 0.6) is 0 Å². The Hall–Kier alpha value is -0.261. The summed E-state index contributed by atoms with van der Waals surface area (Å²) in [7, 11) is 0. The molecule has 0 spiro atoms. The first-order chi connectivity index (χ1) is 6.06. The van der Waals surface area contributed by atoms with Gasteiger partial charge in [0.15, 0.2) is 0 Å². The Morgan fingerprint density at radius 1 is 1.23 bits per heavy atom. The Balaban J connectivity index is 3.87. The summed E-state index contributed by atoms with van der Waals surface area (Å²) < 4.78 is 10.6. The van der Waals surface area contributed by atoms with E-state index in [2.05, 4.69) is 0 Å². The van der Waals surface area contributed by atoms with Crippen molar-refractivity contribution in [2.75, 3.05) is 0 Å². The van der Waals surface area contributed by atoms with Gasteiger partial charge in [-0.25, -0.2) is 0 Å². The molecule has 0 rings (SSSR count). The Kier molecular flexibility index (Phi) is 7.03. The van der Waals surface area contributed by atoms with Crippen molar-refractivity contribution in [2.24, 2.45) is 0 Å². The summed E-state index contributed by atoms with van der Waals surface area (Å²) in [5.41, 5.74) is 0. The quantitative estimate of drug-likeness (QED) is 0.427. The van der Waals surface area contributed by atoms with Gasteiger partial charge in [-0.05, 0) is 0 Å². The van der Waals surface area contributed by atoms with Crippen molar-refractivity contribution in [3.8, 4) is 0 Å². The molecule has 0 aromatic rings. The van der Waals surface area contributed by atoms with Crippen LogP contribution in [0, 0.1) is 0 Å². The second kappa shape index (κ2) is 7.17. The summed E-state index contributed by atoms with van der Waals surface area (Å²) in [5, 5.41) is 0. The first kappa shape index (κ1) is 12.7. The van der Waals surface area contributed by atoms with E-state index in [4.69, 9.17) is 9.47 Å². The van der Waals surface area contributed by atoms with Crippen molar-refractivity contribution in [1.29, 1.82) is 0 Å². The predicted molar refractivity (Wildman–Crippen MR) is 47.1 cm³/mol. The van der Waals surface area contributed by atoms with Crippen LogP contribution in [0.2, 0.25) is 4.44 Å². The van der Waals surface area contributed by atoms with Gasteiger partial charge in [-0.15, -0.1) is 0 Å². The summed E-state index contributed by atoms with van der Waals surface area (Å²) in [6, 6.07) is 0. The summed E-state index contributed by atoms with van der Waals surface area (Å²) in [6.45, 7) is 2.60. The van der Waals surface area contributed by atoms with E-state index in [1.54, 1.807) is 0 Å². The summed E-state index contributed by atoms with van der Waals surface area (Å²) in [6.07, 6.45) is 0.795. The zero-order chi connectivity index (χ0) is 10.3. The molecule has 0 unspecified atom stereocenters. The topological polar surface area (TPSA) is 52.6 Å². The molecule has 70 valence electrons. The normalized spacial score (nSPS) is 9.92. The third-order valence-electron chi connectivity index (χ3n) is 1.21. The van der Waals surface area contributed by atoms with E-state index < -0.39 is 18.2 Å². The van der Waals surface area contributed by atoms with Crippen LogP contribution in [-0.4, -0.2) is 40.8 Å². The van der Waals surface area contributed by atoms with Crippen LogP contribution in [0.1, 0.15) is 26.7 Å². The first-order valence-corrected chi connectivity index (χ1v) is 6.07. The second-order valence-corrected chi connectivity index (χ2v) is 3.97. The minimum absolute atomic E-state index is 0.421. The molecule has 0 saturated heterocycles. The van der Waals surface area contributed by atoms with Crippen molar-refractivity contribution < 1.29 is 19.1 Å². The Bertz CT molecular complexity index is 165. The molecule has 0 atom stereocenters. The van der Waals surface area contributed by atoms with Crippen molar-refractivity contribution in [1.82, 2.24) is 0 Å². The van der Waals surface area contributed by atoms with Gasteiger partial charge in [-0.3, -0.25) is 0 Å². The maximum absolute atomic E-state index is 10.6. The molecule has 0 aliphatic carbocycles. The molecule has 13 heavy (non-hydrogen) atoms. The Labute approximate surface area is 91.1 Å². The van der Waals surface area contributed by atoms with E-state index in [-0.39, 0.29) is 0 Å². The van der Waals surface area contributed by atoms with E-state index in [9.17, 15) is 9.59 Å². The van der Waals surface area contributed by atoms with Crippen LogP contribution in [0.4, 0.5) is 0 Å². The van der Waals surface area contributed by atoms with E-state index in [1.807, 2.05) is 0 Å². The van der Waals surface area contributed by atoms with Crippen LogP contribution >= 0.6 is 0 Å². The second-order valence-electron chi connectivity index (χ2n) is 2.54. The average molecular weight is 292 g/mol. The number of carbonyl (C=O) groups is 2. The first-order valence-electron chi connectivity index (χ1n) is 4.05. The third-order valence-corrected chi connectivity index (χ3v) is 2.22. The van der Waals surface area contributed by atoms with E-state index in [0.717, 1.165) is 10.9 Å². The van der Waals surface area contributed by atoms with E-state index in [1.165, 1.54) is 36.4 Å². The molecule has 0 saturated carbocycles. The van der Waals surface area contributed by atoms with Crippen molar-refractivity contribution in [3.05, 3.63) is 0 Å². The van der Waals surface area contributed by atoms with Gasteiger partial charge in [0, 0.05) is 0 Å². The van der Waals surface area contributed by atoms with Crippen molar-refractivity contribution in [3.63, 3.8) is 0 Å². The maximum atomic E-state index is 10.6. The summed E-state index contributed by atoms with van der Waals surface area (Å²) >= 11 is 1.43. The molecule has 0 heterocycles. The molecule has 0 bridgehead atoms. The Morgan fingerprint density at radius 2 is 1.69 bits per heavy atom. The number of esters is 2. The number of carbonyl (C=O) groups excluding carboxylic acids is 2. The molecule has 0 N–H and O–H groups in total. The van der Waals surface area contributed by atoms with Crippen LogP contribution in [-0.2, 0) is 19.1 Å². The molecule has 0 amide bonds. The van der Waals surface area contributed by atoms with Gasteiger partial charge in [0.25, 0.3) is 0 Å². The fraction of sp³-hybridized carbons (Fsp3) is 0.750. The minimum atomic E-state index is -0.699. The zero-order valence-corrected chi connectivity index (χ0v) is 10.7. The van der Waals surface area contributed by atoms with Crippen molar-refractivity contribution in [2.45, 2.75) is 37.4 Å². The summed E-state index contributed by atoms with van der Waals surface area (Å²) in [4.78, 5) is 21.2. The third kappa shape index (κ3) is 8.08. The number of ether oxygens (including phenoxy) is 2. The summed E-state index contributed by atoms with van der Waals surface area (Å²) in [5.74, 6) is -0.842. The predicted octanol–water partition coefficient (Wildman–Crippen LogP) is 0.806. The van der Waals surface area contributed by atoms with Gasteiger partial charge in [0.2, 0.25) is 0 Å². The van der Waals surface area contributed by atoms with E-state index in [0.29, 0.717) is 6.42 Å². The van der Waals surface area contributed by atoms with Gasteiger partial charge >= 0.3 is 90.9 Å². The molecule has 0 aromatic heterocycles. The van der Waals surface area contributed by atoms with Crippen LogP contribution in [0.25, 0.3) is 0 Å². The van der Waals surface area contributed by atoms with Gasteiger partial charge in [0.05, 0.1) is 0 Å². The molecule has 0 aromatic carbocycles.